The third-order valence-electron chi connectivity index (χ3n) is 3.29. The molecule has 0 aliphatic carbocycles. The van der Waals surface area contributed by atoms with Crippen molar-refractivity contribution in [2.45, 2.75) is 25.9 Å². The molecule has 0 bridgehead atoms. The minimum absolute atomic E-state index is 0. The minimum atomic E-state index is -1.05. The van der Waals surface area contributed by atoms with Gasteiger partial charge in [-0.2, -0.15) is 0 Å². The van der Waals surface area contributed by atoms with Gasteiger partial charge in [0.05, 0.1) is 5.69 Å². The van der Waals surface area contributed by atoms with Crippen LogP contribution in [0.4, 0.5) is 0 Å². The van der Waals surface area contributed by atoms with Crippen LogP contribution in [0.2, 0.25) is 0 Å². The number of nitrogens with zero attached hydrogens (tertiary/aromatic N) is 2. The van der Waals surface area contributed by atoms with E-state index in [1.54, 1.807) is 6.92 Å². The highest BCUT2D eigenvalue weighted by molar-refractivity contribution is 7.13. The summed E-state index contributed by atoms with van der Waals surface area (Å²) in [6, 6.07) is -0.334. The second-order valence-electron chi connectivity index (χ2n) is 5.33. The van der Waals surface area contributed by atoms with Crippen molar-refractivity contribution in [3.8, 4) is 0 Å². The lowest BCUT2D eigenvalue weighted by Gasteiger charge is -2.20. The molecule has 23 heavy (non-hydrogen) atoms. The predicted octanol–water partition coefficient (Wildman–Crippen LogP) is -0.727. The van der Waals surface area contributed by atoms with Crippen LogP contribution in [0.1, 0.15) is 27.3 Å². The zero-order valence-electron chi connectivity index (χ0n) is 12.9. The maximum absolute atomic E-state index is 12.2. The molecule has 2 rings (SSSR count). The van der Waals surface area contributed by atoms with Crippen LogP contribution in [-0.4, -0.2) is 53.8 Å². The predicted molar refractivity (Wildman–Crippen MR) is 88.5 cm³/mol. The summed E-state index contributed by atoms with van der Waals surface area (Å²) in [6.07, 6.45) is 0.847. The Bertz CT molecular complexity index is 606. The normalized spacial score (nSPS) is 15.0. The van der Waals surface area contributed by atoms with E-state index >= 15 is 0 Å². The number of hydrogen-bond donors (Lipinski definition) is 3. The fraction of sp³-hybridized carbons (Fsp3) is 0.538. The Balaban J connectivity index is 0.00000264. The van der Waals surface area contributed by atoms with E-state index in [1.165, 1.54) is 11.3 Å². The van der Waals surface area contributed by atoms with Crippen LogP contribution in [0.15, 0.2) is 0 Å². The van der Waals surface area contributed by atoms with Crippen molar-refractivity contribution in [3.05, 3.63) is 15.6 Å². The van der Waals surface area contributed by atoms with E-state index in [0.717, 1.165) is 30.1 Å². The van der Waals surface area contributed by atoms with Gasteiger partial charge >= 0.3 is 11.8 Å². The van der Waals surface area contributed by atoms with Gasteiger partial charge in [-0.3, -0.25) is 14.4 Å². The molecule has 128 valence electrons. The summed E-state index contributed by atoms with van der Waals surface area (Å²) in [4.78, 5) is 41.5. The first-order valence-electron chi connectivity index (χ1n) is 6.92. The molecule has 1 aromatic heterocycles. The molecular weight excluding hydrogens is 342 g/mol. The third kappa shape index (κ3) is 5.15. The van der Waals surface area contributed by atoms with Crippen molar-refractivity contribution in [1.29, 1.82) is 0 Å². The number of carbonyl (C=O) groups is 3. The van der Waals surface area contributed by atoms with E-state index in [4.69, 9.17) is 5.73 Å². The molecule has 0 saturated heterocycles. The molecule has 2 heterocycles. The largest absolute Gasteiger partial charge is 0.361 e. The average Bonchev–Trinajstić information content (AvgIpc) is 2.87. The van der Waals surface area contributed by atoms with E-state index in [1.807, 2.05) is 7.05 Å². The number of amides is 3. The van der Waals surface area contributed by atoms with Crippen LogP contribution in [0, 0.1) is 0 Å². The zero-order chi connectivity index (χ0) is 16.3. The molecule has 0 aromatic carbocycles. The lowest BCUT2D eigenvalue weighted by molar-refractivity contribution is -0.137. The first-order valence-corrected chi connectivity index (χ1v) is 7.74. The lowest BCUT2D eigenvalue weighted by Crippen LogP contribution is -2.45. The Morgan fingerprint density at radius 2 is 2.13 bits per heavy atom. The Morgan fingerprint density at radius 1 is 1.43 bits per heavy atom. The molecule has 1 atom stereocenters. The monoisotopic (exact) mass is 361 g/mol. The minimum Gasteiger partial charge on any atom is -0.361 e. The smallest absolute Gasteiger partial charge is 0.309 e. The van der Waals surface area contributed by atoms with Gasteiger partial charge < -0.3 is 21.3 Å². The van der Waals surface area contributed by atoms with Gasteiger partial charge in [0.15, 0.2) is 5.01 Å². The Hall–Kier alpha value is -1.71. The molecule has 10 heteroatoms. The lowest BCUT2D eigenvalue weighted by atomic mass is 10.2. The topological polar surface area (TPSA) is 117 Å². The number of hydrogen-bond acceptors (Lipinski definition) is 6. The van der Waals surface area contributed by atoms with Gasteiger partial charge in [-0.15, -0.1) is 23.7 Å². The second kappa shape index (κ2) is 8.23. The van der Waals surface area contributed by atoms with Crippen LogP contribution in [0.25, 0.3) is 0 Å². The van der Waals surface area contributed by atoms with Crippen LogP contribution in [-0.2, 0) is 22.6 Å². The van der Waals surface area contributed by atoms with Gasteiger partial charge in [0.1, 0.15) is 0 Å². The number of primary amides is 1. The number of nitrogens with two attached hydrogens (primary N) is 1. The quantitative estimate of drug-likeness (QED) is 0.611. The van der Waals surface area contributed by atoms with Crippen molar-refractivity contribution in [2.75, 3.05) is 20.1 Å². The number of fused-ring (bicyclic) bond motifs is 1. The van der Waals surface area contributed by atoms with Gasteiger partial charge in [0, 0.05) is 37.0 Å². The van der Waals surface area contributed by atoms with Crippen LogP contribution in [0.3, 0.4) is 0 Å². The molecule has 0 saturated carbocycles. The fourth-order valence-electron chi connectivity index (χ4n) is 2.09. The maximum atomic E-state index is 12.2. The van der Waals surface area contributed by atoms with Crippen LogP contribution in [0.5, 0.6) is 0 Å². The van der Waals surface area contributed by atoms with E-state index < -0.39 is 11.8 Å². The summed E-state index contributed by atoms with van der Waals surface area (Å²) in [5, 5.41) is 5.51. The van der Waals surface area contributed by atoms with Gasteiger partial charge in [-0.1, -0.05) is 0 Å². The van der Waals surface area contributed by atoms with Crippen LogP contribution >= 0.6 is 23.7 Å². The molecule has 1 aliphatic heterocycles. The number of rotatable bonds is 4. The Labute approximate surface area is 144 Å². The number of aromatic nitrogens is 1. The Kier molecular flexibility index (Phi) is 6.92. The van der Waals surface area contributed by atoms with E-state index in [-0.39, 0.29) is 30.9 Å². The van der Waals surface area contributed by atoms with Crippen LogP contribution < -0.4 is 16.4 Å². The molecule has 4 N–H and O–H groups in total. The third-order valence-corrected chi connectivity index (χ3v) is 4.37. The van der Waals surface area contributed by atoms with Gasteiger partial charge in [-0.25, -0.2) is 4.98 Å². The summed E-state index contributed by atoms with van der Waals surface area (Å²) in [5.41, 5.74) is 5.82. The summed E-state index contributed by atoms with van der Waals surface area (Å²) in [7, 11) is 2.03. The highest BCUT2D eigenvalue weighted by Crippen LogP contribution is 2.24. The van der Waals surface area contributed by atoms with Crippen molar-refractivity contribution in [1.82, 2.24) is 20.5 Å². The Morgan fingerprint density at radius 3 is 2.78 bits per heavy atom. The fourth-order valence-corrected chi connectivity index (χ4v) is 3.18. The first kappa shape index (κ1) is 19.3. The van der Waals surface area contributed by atoms with Crippen molar-refractivity contribution in [2.24, 2.45) is 5.73 Å². The summed E-state index contributed by atoms with van der Waals surface area (Å²) in [6.45, 7) is 3.60. The molecule has 0 fully saturated rings. The van der Waals surface area contributed by atoms with Crippen molar-refractivity contribution in [3.63, 3.8) is 0 Å². The molecule has 0 spiro atoms. The summed E-state index contributed by atoms with van der Waals surface area (Å²) < 4.78 is 0. The standard InChI is InChI=1S/C13H19N5O3S.ClH/c1-7(5-15-11(20)10(14)19)16-12(21)13-17-8-3-4-18(2)6-9(8)22-13;/h7H,3-6H2,1-2H3,(H2,14,19)(H,15,20)(H,16,21);1H. The number of halogens is 1. The number of nitrogens with one attached hydrogen (secondary N) is 2. The zero-order valence-corrected chi connectivity index (χ0v) is 14.6. The molecule has 3 amide bonds. The highest BCUT2D eigenvalue weighted by Gasteiger charge is 2.22. The molecule has 0 radical (unpaired) electrons. The second-order valence-corrected chi connectivity index (χ2v) is 6.41. The molecule has 1 aromatic rings. The summed E-state index contributed by atoms with van der Waals surface area (Å²) >= 11 is 1.39. The van der Waals surface area contributed by atoms with E-state index in [2.05, 4.69) is 20.5 Å². The van der Waals surface area contributed by atoms with Gasteiger partial charge in [0.2, 0.25) is 0 Å². The number of thiazole rings is 1. The number of likely N-dealkylation sites (N-methyl/N-ethyl adjacent to an activating group) is 1. The SMILES string of the molecule is CC(CNC(=O)C(N)=O)NC(=O)c1nc2c(s1)CN(C)CC2.Cl. The first-order chi connectivity index (χ1) is 10.4. The van der Waals surface area contributed by atoms with Crippen molar-refractivity contribution >= 4 is 41.5 Å². The molecule has 1 unspecified atom stereocenters. The molecule has 1 aliphatic rings. The summed E-state index contributed by atoms with van der Waals surface area (Å²) in [5.74, 6) is -2.19. The molecule has 8 nitrogen and oxygen atoms in total. The van der Waals surface area contributed by atoms with E-state index in [0.29, 0.717) is 5.01 Å². The highest BCUT2D eigenvalue weighted by atomic mass is 35.5. The van der Waals surface area contributed by atoms with E-state index in [9.17, 15) is 14.4 Å². The maximum Gasteiger partial charge on any atom is 0.309 e. The van der Waals surface area contributed by atoms with Crippen molar-refractivity contribution < 1.29 is 14.4 Å². The number of carbonyl (C=O) groups excluding carboxylic acids is 3. The molecular formula is C13H20ClN5O3S. The average molecular weight is 362 g/mol. The van der Waals surface area contributed by atoms with Gasteiger partial charge in [0.25, 0.3) is 5.91 Å². The van der Waals surface area contributed by atoms with Gasteiger partial charge in [-0.05, 0) is 14.0 Å².